The molecule has 0 amide bonds. The summed E-state index contributed by atoms with van der Waals surface area (Å²) < 4.78 is 0. The minimum Gasteiger partial charge on any atom is -0.390 e. The molecule has 12 heavy (non-hydrogen) atoms. The van der Waals surface area contributed by atoms with E-state index in [1.165, 1.54) is 0 Å². The van der Waals surface area contributed by atoms with Crippen LogP contribution in [0.2, 0.25) is 0 Å². The fourth-order valence-electron chi connectivity index (χ4n) is 2.07. The van der Waals surface area contributed by atoms with Crippen LogP contribution in [-0.4, -0.2) is 28.2 Å². The Hall–Kier alpha value is -0.670. The van der Waals surface area contributed by atoms with Crippen molar-refractivity contribution in [2.24, 2.45) is 5.92 Å². The van der Waals surface area contributed by atoms with Crippen molar-refractivity contribution in [2.75, 3.05) is 0 Å². The van der Waals surface area contributed by atoms with Gasteiger partial charge >= 0.3 is 0 Å². The van der Waals surface area contributed by atoms with E-state index in [1.54, 1.807) is 6.08 Å². The largest absolute Gasteiger partial charge is 0.390 e. The number of hydrogen-bond acceptors (Lipinski definition) is 3. The van der Waals surface area contributed by atoms with Crippen LogP contribution in [0.25, 0.3) is 0 Å². The normalized spacial score (nSPS) is 41.0. The van der Waals surface area contributed by atoms with Gasteiger partial charge in [-0.25, -0.2) is 0 Å². The number of hydrogen-bond donors (Lipinski definition) is 2. The summed E-state index contributed by atoms with van der Waals surface area (Å²) in [6.07, 6.45) is 1.98. The summed E-state index contributed by atoms with van der Waals surface area (Å²) in [7, 11) is 0. The molecule has 2 aliphatic carbocycles. The number of carbonyl (C=O) groups is 1. The van der Waals surface area contributed by atoms with Crippen LogP contribution in [-0.2, 0) is 4.79 Å². The van der Waals surface area contributed by atoms with E-state index in [0.29, 0.717) is 12.8 Å². The molecule has 0 radical (unpaired) electrons. The second-order valence-electron chi connectivity index (χ2n) is 3.59. The van der Waals surface area contributed by atoms with Gasteiger partial charge in [-0.3, -0.25) is 4.79 Å². The second-order valence-corrected chi connectivity index (χ2v) is 3.59. The van der Waals surface area contributed by atoms with E-state index in [0.717, 1.165) is 12.0 Å². The number of ketones is 1. The maximum absolute atomic E-state index is 11.0. The Kier molecular flexibility index (Phi) is 1.77. The first-order chi connectivity index (χ1) is 5.68. The highest BCUT2D eigenvalue weighted by Gasteiger charge is 2.38. The Balaban J connectivity index is 2.20. The minimum absolute atomic E-state index is 0.0863. The second kappa shape index (κ2) is 2.68. The van der Waals surface area contributed by atoms with Gasteiger partial charge in [-0.2, -0.15) is 0 Å². The highest BCUT2D eigenvalue weighted by molar-refractivity contribution is 5.93. The Morgan fingerprint density at radius 3 is 2.92 bits per heavy atom. The molecule has 3 heteroatoms. The molecule has 0 aromatic heterocycles. The van der Waals surface area contributed by atoms with E-state index >= 15 is 0 Å². The van der Waals surface area contributed by atoms with Crippen molar-refractivity contribution in [1.29, 1.82) is 0 Å². The summed E-state index contributed by atoms with van der Waals surface area (Å²) in [5, 5.41) is 18.8. The molecule has 0 heterocycles. The van der Waals surface area contributed by atoms with Crippen LogP contribution in [0.1, 0.15) is 19.3 Å². The third kappa shape index (κ3) is 1.09. The van der Waals surface area contributed by atoms with Crippen molar-refractivity contribution < 1.29 is 15.0 Å². The van der Waals surface area contributed by atoms with Gasteiger partial charge in [0.2, 0.25) is 0 Å². The minimum atomic E-state index is -0.726. The molecule has 0 spiro atoms. The van der Waals surface area contributed by atoms with Crippen molar-refractivity contribution in [3.05, 3.63) is 11.6 Å². The van der Waals surface area contributed by atoms with Gasteiger partial charge in [-0.15, -0.1) is 0 Å². The average Bonchev–Trinajstić information content (AvgIpc) is 2.39. The van der Waals surface area contributed by atoms with Gasteiger partial charge in [-0.05, 0) is 18.9 Å². The maximum atomic E-state index is 11.0. The van der Waals surface area contributed by atoms with E-state index in [4.69, 9.17) is 0 Å². The standard InChI is InChI=1S/C9H12O3/c10-6-3-5-1-2-8(11)9(12)7(5)4-6/h3,7-9,11-12H,1-2,4H2. The monoisotopic (exact) mass is 168 g/mol. The zero-order valence-corrected chi connectivity index (χ0v) is 6.73. The Morgan fingerprint density at radius 2 is 2.17 bits per heavy atom. The third-order valence-corrected chi connectivity index (χ3v) is 2.78. The lowest BCUT2D eigenvalue weighted by Gasteiger charge is -2.30. The first-order valence-corrected chi connectivity index (χ1v) is 4.28. The molecule has 0 aromatic rings. The van der Waals surface area contributed by atoms with E-state index in [2.05, 4.69) is 0 Å². The Bertz CT molecular complexity index is 244. The van der Waals surface area contributed by atoms with Gasteiger partial charge in [0.15, 0.2) is 5.78 Å². The molecule has 2 N–H and O–H groups in total. The number of fused-ring (bicyclic) bond motifs is 1. The SMILES string of the molecule is O=C1C=C2CCC(O)C(O)C2C1. The molecule has 0 saturated heterocycles. The van der Waals surface area contributed by atoms with Crippen molar-refractivity contribution in [1.82, 2.24) is 0 Å². The van der Waals surface area contributed by atoms with Gasteiger partial charge < -0.3 is 10.2 Å². The van der Waals surface area contributed by atoms with Crippen LogP contribution < -0.4 is 0 Å². The molecule has 0 aromatic carbocycles. The van der Waals surface area contributed by atoms with Crippen LogP contribution in [0.4, 0.5) is 0 Å². The van der Waals surface area contributed by atoms with E-state index in [9.17, 15) is 15.0 Å². The van der Waals surface area contributed by atoms with Crippen LogP contribution in [0.3, 0.4) is 0 Å². The van der Waals surface area contributed by atoms with Gasteiger partial charge in [0, 0.05) is 12.3 Å². The number of rotatable bonds is 0. The van der Waals surface area contributed by atoms with E-state index < -0.39 is 12.2 Å². The van der Waals surface area contributed by atoms with Crippen LogP contribution in [0, 0.1) is 5.92 Å². The Labute approximate surface area is 70.7 Å². The first-order valence-electron chi connectivity index (χ1n) is 4.28. The highest BCUT2D eigenvalue weighted by Crippen LogP contribution is 2.36. The summed E-state index contributed by atoms with van der Waals surface area (Å²) in [6, 6.07) is 0. The maximum Gasteiger partial charge on any atom is 0.156 e. The average molecular weight is 168 g/mol. The number of aliphatic hydroxyl groups excluding tert-OH is 2. The van der Waals surface area contributed by atoms with Crippen LogP contribution >= 0.6 is 0 Å². The number of carbonyl (C=O) groups excluding carboxylic acids is 1. The predicted molar refractivity (Wildman–Crippen MR) is 42.4 cm³/mol. The fourth-order valence-corrected chi connectivity index (χ4v) is 2.07. The van der Waals surface area contributed by atoms with Gasteiger partial charge in [0.25, 0.3) is 0 Å². The van der Waals surface area contributed by atoms with E-state index in [-0.39, 0.29) is 11.7 Å². The molecule has 1 saturated carbocycles. The molecule has 3 atom stereocenters. The molecule has 2 aliphatic rings. The summed E-state index contributed by atoms with van der Waals surface area (Å²) in [4.78, 5) is 11.0. The molecular formula is C9H12O3. The molecular weight excluding hydrogens is 156 g/mol. The van der Waals surface area contributed by atoms with Crippen molar-refractivity contribution in [2.45, 2.75) is 31.5 Å². The topological polar surface area (TPSA) is 57.5 Å². The molecule has 0 bridgehead atoms. The number of allylic oxidation sites excluding steroid dienone is 1. The third-order valence-electron chi connectivity index (χ3n) is 2.78. The molecule has 3 unspecified atom stereocenters. The smallest absolute Gasteiger partial charge is 0.156 e. The summed E-state index contributed by atoms with van der Waals surface area (Å²) in [6.45, 7) is 0. The van der Waals surface area contributed by atoms with Gasteiger partial charge in [0.1, 0.15) is 0 Å². The zero-order chi connectivity index (χ0) is 8.72. The van der Waals surface area contributed by atoms with Crippen molar-refractivity contribution in [3.63, 3.8) is 0 Å². The molecule has 3 nitrogen and oxygen atoms in total. The fraction of sp³-hybridized carbons (Fsp3) is 0.667. The van der Waals surface area contributed by atoms with Gasteiger partial charge in [-0.1, -0.05) is 5.57 Å². The van der Waals surface area contributed by atoms with Crippen molar-refractivity contribution >= 4 is 5.78 Å². The summed E-state index contributed by atoms with van der Waals surface area (Å²) in [5.74, 6) is -0.00981. The quantitative estimate of drug-likeness (QED) is 0.536. The lowest BCUT2D eigenvalue weighted by atomic mass is 9.82. The lowest BCUT2D eigenvalue weighted by molar-refractivity contribution is -0.115. The number of aliphatic hydroxyl groups is 2. The van der Waals surface area contributed by atoms with Gasteiger partial charge in [0.05, 0.1) is 12.2 Å². The molecule has 66 valence electrons. The first kappa shape index (κ1) is 7.95. The molecule has 0 aliphatic heterocycles. The highest BCUT2D eigenvalue weighted by atomic mass is 16.3. The van der Waals surface area contributed by atoms with Crippen molar-refractivity contribution in [3.8, 4) is 0 Å². The predicted octanol–water partition coefficient (Wildman–Crippen LogP) is 0.0174. The van der Waals surface area contributed by atoms with Crippen LogP contribution in [0.15, 0.2) is 11.6 Å². The van der Waals surface area contributed by atoms with Crippen LogP contribution in [0.5, 0.6) is 0 Å². The summed E-state index contributed by atoms with van der Waals surface area (Å²) in [5.41, 5.74) is 1.03. The zero-order valence-electron chi connectivity index (χ0n) is 6.73. The Morgan fingerprint density at radius 1 is 1.42 bits per heavy atom. The molecule has 2 rings (SSSR count). The molecule has 1 fully saturated rings. The van der Waals surface area contributed by atoms with E-state index in [1.807, 2.05) is 0 Å². The lowest BCUT2D eigenvalue weighted by Crippen LogP contribution is -2.37. The summed E-state index contributed by atoms with van der Waals surface area (Å²) >= 11 is 0.